The zero-order chi connectivity index (χ0) is 17.8. The average molecular weight is 366 g/mol. The lowest BCUT2D eigenvalue weighted by Gasteiger charge is -2.23. The van der Waals surface area contributed by atoms with Crippen molar-refractivity contribution in [2.24, 2.45) is 11.7 Å². The Morgan fingerprint density at radius 3 is 2.80 bits per heavy atom. The van der Waals surface area contributed by atoms with Gasteiger partial charge in [0.25, 0.3) is 0 Å². The number of nitrogens with two attached hydrogens (primary N) is 1. The predicted molar refractivity (Wildman–Crippen MR) is 98.4 cm³/mol. The molecule has 2 aliphatic heterocycles. The number of thiazole rings is 1. The molecule has 3 rings (SSSR count). The van der Waals surface area contributed by atoms with Crippen molar-refractivity contribution in [3.05, 3.63) is 11.1 Å². The molecule has 0 saturated carbocycles. The summed E-state index contributed by atoms with van der Waals surface area (Å²) in [5, 5.41) is 6.04. The van der Waals surface area contributed by atoms with Crippen LogP contribution in [0.2, 0.25) is 0 Å². The van der Waals surface area contributed by atoms with E-state index in [1.165, 1.54) is 19.8 Å². The number of amides is 2. The second-order valence-electron chi connectivity index (χ2n) is 6.99. The fourth-order valence-corrected chi connectivity index (χ4v) is 4.32. The highest BCUT2D eigenvalue weighted by atomic mass is 32.1. The van der Waals surface area contributed by atoms with Gasteiger partial charge in [0.05, 0.1) is 18.2 Å². The largest absolute Gasteiger partial charge is 0.350 e. The van der Waals surface area contributed by atoms with Crippen LogP contribution in [0.4, 0.5) is 5.13 Å². The van der Waals surface area contributed by atoms with Gasteiger partial charge in [-0.1, -0.05) is 0 Å². The van der Waals surface area contributed by atoms with Crippen LogP contribution in [0.15, 0.2) is 5.38 Å². The molecule has 3 heterocycles. The Bertz CT molecular complexity index is 614. The molecule has 0 aliphatic carbocycles. The second-order valence-corrected chi connectivity index (χ2v) is 7.83. The van der Waals surface area contributed by atoms with Gasteiger partial charge in [0.15, 0.2) is 5.13 Å². The molecule has 3 N–H and O–H groups in total. The minimum atomic E-state index is -0.200. The number of aromatic nitrogens is 1. The van der Waals surface area contributed by atoms with Crippen molar-refractivity contribution < 1.29 is 9.59 Å². The summed E-state index contributed by atoms with van der Waals surface area (Å²) in [6.07, 6.45) is 3.93. The molecule has 0 spiro atoms. The molecule has 8 heteroatoms. The number of likely N-dealkylation sites (tertiary alicyclic amines) is 1. The number of carbonyl (C=O) groups is 2. The first-order chi connectivity index (χ1) is 12.0. The van der Waals surface area contributed by atoms with Crippen LogP contribution in [-0.4, -0.2) is 53.9 Å². The molecule has 1 aromatic heterocycles. The molecule has 25 heavy (non-hydrogen) atoms. The highest BCUT2D eigenvalue weighted by Gasteiger charge is 2.28. The Labute approximate surface area is 152 Å². The molecule has 138 valence electrons. The molecule has 0 bridgehead atoms. The Morgan fingerprint density at radius 1 is 1.32 bits per heavy atom. The first-order valence-electron chi connectivity index (χ1n) is 9.01. The van der Waals surface area contributed by atoms with Crippen molar-refractivity contribution in [2.45, 2.75) is 45.2 Å². The lowest BCUT2D eigenvalue weighted by molar-refractivity contribution is -0.131. The maximum absolute atomic E-state index is 12.5. The summed E-state index contributed by atoms with van der Waals surface area (Å²) in [6, 6.07) is -0.0525. The highest BCUT2D eigenvalue weighted by molar-refractivity contribution is 7.13. The topological polar surface area (TPSA) is 91.6 Å². The monoisotopic (exact) mass is 365 g/mol. The molecule has 2 aliphatic rings. The van der Waals surface area contributed by atoms with Gasteiger partial charge >= 0.3 is 0 Å². The normalized spacial score (nSPS) is 24.2. The molecular formula is C17H27N5O2S. The van der Waals surface area contributed by atoms with Crippen LogP contribution in [-0.2, 0) is 16.1 Å². The Balaban J connectivity index is 1.53. The predicted octanol–water partition coefficient (Wildman–Crippen LogP) is 0.945. The van der Waals surface area contributed by atoms with Crippen LogP contribution >= 0.6 is 11.3 Å². The zero-order valence-electron chi connectivity index (χ0n) is 14.7. The summed E-state index contributed by atoms with van der Waals surface area (Å²) < 4.78 is 0. The van der Waals surface area contributed by atoms with Gasteiger partial charge in [-0.3, -0.25) is 9.59 Å². The summed E-state index contributed by atoms with van der Waals surface area (Å²) in [6.45, 7) is 5.09. The molecule has 1 aromatic rings. The summed E-state index contributed by atoms with van der Waals surface area (Å²) in [7, 11) is 0. The fraction of sp³-hybridized carbons (Fsp3) is 0.706. The Morgan fingerprint density at radius 2 is 2.08 bits per heavy atom. The lowest BCUT2D eigenvalue weighted by atomic mass is 10.0. The Hall–Kier alpha value is -1.67. The van der Waals surface area contributed by atoms with E-state index in [-0.39, 0.29) is 23.8 Å². The molecule has 7 nitrogen and oxygen atoms in total. The number of carbonyl (C=O) groups excluding carboxylic acids is 2. The van der Waals surface area contributed by atoms with E-state index >= 15 is 0 Å². The smallest absolute Gasteiger partial charge is 0.225 e. The van der Waals surface area contributed by atoms with Crippen LogP contribution in [0, 0.1) is 5.92 Å². The molecule has 0 radical (unpaired) electrons. The van der Waals surface area contributed by atoms with Crippen molar-refractivity contribution in [1.82, 2.24) is 15.2 Å². The molecule has 2 saturated heterocycles. The number of nitrogens with one attached hydrogen (secondary N) is 1. The summed E-state index contributed by atoms with van der Waals surface area (Å²) in [5.41, 5.74) is 6.91. The maximum atomic E-state index is 12.5. The summed E-state index contributed by atoms with van der Waals surface area (Å²) in [4.78, 5) is 32.9. The van der Waals surface area contributed by atoms with E-state index in [1.54, 1.807) is 16.2 Å². The third-order valence-electron chi connectivity index (χ3n) is 4.96. The van der Waals surface area contributed by atoms with Crippen LogP contribution < -0.4 is 16.0 Å². The van der Waals surface area contributed by atoms with Crippen molar-refractivity contribution >= 4 is 28.3 Å². The van der Waals surface area contributed by atoms with Crippen LogP contribution in [0.25, 0.3) is 0 Å². The number of nitrogens with zero attached hydrogens (tertiary/aromatic N) is 3. The minimum absolute atomic E-state index is 0.0175. The second kappa shape index (κ2) is 8.14. The molecule has 2 atom stereocenters. The van der Waals surface area contributed by atoms with Gasteiger partial charge in [-0.15, -0.1) is 11.3 Å². The average Bonchev–Trinajstić information content (AvgIpc) is 3.22. The third kappa shape index (κ3) is 4.70. The van der Waals surface area contributed by atoms with Crippen molar-refractivity contribution in [1.29, 1.82) is 0 Å². The van der Waals surface area contributed by atoms with Crippen molar-refractivity contribution in [2.75, 3.05) is 31.1 Å². The summed E-state index contributed by atoms with van der Waals surface area (Å²) >= 11 is 1.64. The fourth-order valence-electron chi connectivity index (χ4n) is 3.45. The lowest BCUT2D eigenvalue weighted by Crippen LogP contribution is -2.42. The van der Waals surface area contributed by atoms with Gasteiger partial charge in [0.2, 0.25) is 11.8 Å². The van der Waals surface area contributed by atoms with Crippen molar-refractivity contribution in [3.8, 4) is 0 Å². The molecular weight excluding hydrogens is 338 g/mol. The van der Waals surface area contributed by atoms with E-state index < -0.39 is 0 Å². The van der Waals surface area contributed by atoms with Gasteiger partial charge in [0.1, 0.15) is 0 Å². The van der Waals surface area contributed by atoms with Crippen LogP contribution in [0.3, 0.4) is 0 Å². The SMILES string of the molecule is CC(=O)N1C[C@@H](N)CC[C@@H](C(=O)NCc2csc(N3CCCC3)n2)C1. The van der Waals surface area contributed by atoms with E-state index in [0.717, 1.165) is 30.3 Å². The first kappa shape index (κ1) is 18.1. The molecule has 0 aromatic carbocycles. The first-order valence-corrected chi connectivity index (χ1v) is 9.89. The van der Waals surface area contributed by atoms with Gasteiger partial charge < -0.3 is 20.9 Å². The van der Waals surface area contributed by atoms with Crippen LogP contribution in [0.1, 0.15) is 38.3 Å². The standard InChI is InChI=1S/C17H27N5O2S/c1-12(23)22-9-13(4-5-14(18)10-22)16(24)19-8-15-11-25-17(20-15)21-6-2-3-7-21/h11,13-14H,2-10,18H2,1H3,(H,19,24)/t13-,14+/m1/s1. The minimum Gasteiger partial charge on any atom is -0.350 e. The van der Waals surface area contributed by atoms with Gasteiger partial charge in [-0.2, -0.15) is 0 Å². The van der Waals surface area contributed by atoms with Gasteiger partial charge in [0, 0.05) is 44.5 Å². The maximum Gasteiger partial charge on any atom is 0.225 e. The molecule has 0 unspecified atom stereocenters. The summed E-state index contributed by atoms with van der Waals surface area (Å²) in [5.74, 6) is -0.241. The van der Waals surface area contributed by atoms with E-state index in [9.17, 15) is 9.59 Å². The molecule has 2 fully saturated rings. The van der Waals surface area contributed by atoms with E-state index in [2.05, 4.69) is 15.2 Å². The number of anilines is 1. The third-order valence-corrected chi connectivity index (χ3v) is 5.91. The van der Waals surface area contributed by atoms with E-state index in [1.807, 2.05) is 5.38 Å². The van der Waals surface area contributed by atoms with Crippen LogP contribution in [0.5, 0.6) is 0 Å². The highest BCUT2D eigenvalue weighted by Crippen LogP contribution is 2.24. The Kier molecular flexibility index (Phi) is 5.90. The van der Waals surface area contributed by atoms with Gasteiger partial charge in [-0.05, 0) is 25.7 Å². The van der Waals surface area contributed by atoms with Crippen molar-refractivity contribution in [3.63, 3.8) is 0 Å². The molecule has 2 amide bonds. The number of hydrogen-bond acceptors (Lipinski definition) is 6. The number of rotatable bonds is 4. The van der Waals surface area contributed by atoms with Gasteiger partial charge in [-0.25, -0.2) is 4.98 Å². The van der Waals surface area contributed by atoms with E-state index in [4.69, 9.17) is 5.73 Å². The number of hydrogen-bond donors (Lipinski definition) is 2. The quantitative estimate of drug-likeness (QED) is 0.829. The van der Waals surface area contributed by atoms with E-state index in [0.29, 0.717) is 26.1 Å². The zero-order valence-corrected chi connectivity index (χ0v) is 15.6.